The fraction of sp³-hybridized carbons (Fsp3) is 0.727. The van der Waals surface area contributed by atoms with Gasteiger partial charge in [0.1, 0.15) is 5.78 Å². The van der Waals surface area contributed by atoms with Gasteiger partial charge in [0.05, 0.1) is 6.54 Å². The molecule has 1 atom stereocenters. The highest BCUT2D eigenvalue weighted by Crippen LogP contribution is 2.22. The van der Waals surface area contributed by atoms with Gasteiger partial charge in [-0.3, -0.25) is 9.69 Å². The Labute approximate surface area is 94.8 Å². The first-order valence-corrected chi connectivity index (χ1v) is 5.68. The quantitative estimate of drug-likeness (QED) is 0.770. The molecule has 0 amide bonds. The van der Waals surface area contributed by atoms with Crippen LogP contribution in [0.4, 0.5) is 0 Å². The molecule has 88 valence electrons. The predicted molar refractivity (Wildman–Crippen MR) is 57.8 cm³/mol. The van der Waals surface area contributed by atoms with E-state index in [9.17, 15) is 4.79 Å². The lowest BCUT2D eigenvalue weighted by Crippen LogP contribution is -2.30. The molecule has 0 aliphatic carbocycles. The van der Waals surface area contributed by atoms with E-state index in [4.69, 9.17) is 4.52 Å². The maximum Gasteiger partial charge on any atom is 0.240 e. The number of carbonyl (C=O) groups excluding carboxylic acids is 1. The van der Waals surface area contributed by atoms with Gasteiger partial charge in [0.2, 0.25) is 5.89 Å². The van der Waals surface area contributed by atoms with Crippen molar-refractivity contribution in [2.45, 2.75) is 45.7 Å². The number of nitrogens with zero attached hydrogens (tertiary/aromatic N) is 3. The zero-order valence-electron chi connectivity index (χ0n) is 9.77. The summed E-state index contributed by atoms with van der Waals surface area (Å²) in [5.41, 5.74) is 0. The molecule has 1 aromatic heterocycles. The third-order valence-corrected chi connectivity index (χ3v) is 2.93. The van der Waals surface area contributed by atoms with Crippen LogP contribution >= 0.6 is 0 Å². The van der Waals surface area contributed by atoms with Crippen molar-refractivity contribution < 1.29 is 9.32 Å². The van der Waals surface area contributed by atoms with Gasteiger partial charge >= 0.3 is 0 Å². The average Bonchev–Trinajstić information content (AvgIpc) is 2.77. The highest BCUT2D eigenvalue weighted by Gasteiger charge is 2.26. The number of Topliss-reactive ketones (excluding diaryl/α,β-unsaturated/α-hetero) is 1. The first kappa shape index (κ1) is 11.3. The lowest BCUT2D eigenvalue weighted by molar-refractivity contribution is -0.118. The number of rotatable bonds is 4. The SMILES string of the molecule is CC(=O)CC1CCCN1Cc1nc(C)no1. The lowest BCUT2D eigenvalue weighted by atomic mass is 10.1. The molecule has 0 radical (unpaired) electrons. The van der Waals surface area contributed by atoms with E-state index in [2.05, 4.69) is 15.0 Å². The second-order valence-electron chi connectivity index (χ2n) is 4.41. The Morgan fingerprint density at radius 1 is 1.62 bits per heavy atom. The minimum atomic E-state index is 0.249. The van der Waals surface area contributed by atoms with Crippen molar-refractivity contribution >= 4 is 5.78 Å². The van der Waals surface area contributed by atoms with Crippen LogP contribution in [0.5, 0.6) is 0 Å². The number of carbonyl (C=O) groups is 1. The number of likely N-dealkylation sites (tertiary alicyclic amines) is 1. The van der Waals surface area contributed by atoms with Crippen molar-refractivity contribution in [2.75, 3.05) is 6.54 Å². The van der Waals surface area contributed by atoms with Crippen LogP contribution in [0.15, 0.2) is 4.52 Å². The molecular weight excluding hydrogens is 206 g/mol. The van der Waals surface area contributed by atoms with Gasteiger partial charge in [-0.1, -0.05) is 5.16 Å². The van der Waals surface area contributed by atoms with Crippen LogP contribution in [0.2, 0.25) is 0 Å². The molecule has 0 spiro atoms. The van der Waals surface area contributed by atoms with Crippen LogP contribution in [0.25, 0.3) is 0 Å². The normalized spacial score (nSPS) is 21.5. The maximum atomic E-state index is 11.1. The maximum absolute atomic E-state index is 11.1. The summed E-state index contributed by atoms with van der Waals surface area (Å²) in [4.78, 5) is 17.6. The summed E-state index contributed by atoms with van der Waals surface area (Å²) in [6.07, 6.45) is 2.87. The summed E-state index contributed by atoms with van der Waals surface area (Å²) in [5, 5.41) is 3.76. The number of aryl methyl sites for hydroxylation is 1. The first-order chi connectivity index (χ1) is 7.65. The fourth-order valence-corrected chi connectivity index (χ4v) is 2.24. The molecule has 2 rings (SSSR count). The molecule has 1 unspecified atom stereocenters. The number of hydrogen-bond donors (Lipinski definition) is 0. The van der Waals surface area contributed by atoms with E-state index in [-0.39, 0.29) is 5.78 Å². The third kappa shape index (κ3) is 2.66. The van der Waals surface area contributed by atoms with Crippen LogP contribution in [0.1, 0.15) is 37.9 Å². The van der Waals surface area contributed by atoms with E-state index in [0.717, 1.165) is 19.4 Å². The predicted octanol–water partition coefficient (Wildman–Crippen LogP) is 1.32. The molecule has 0 saturated carbocycles. The van der Waals surface area contributed by atoms with Gasteiger partial charge in [0.25, 0.3) is 0 Å². The Balaban J connectivity index is 1.95. The van der Waals surface area contributed by atoms with Gasteiger partial charge in [-0.2, -0.15) is 4.98 Å². The summed E-state index contributed by atoms with van der Waals surface area (Å²) < 4.78 is 5.09. The van der Waals surface area contributed by atoms with Gasteiger partial charge in [-0.05, 0) is 33.2 Å². The highest BCUT2D eigenvalue weighted by atomic mass is 16.5. The molecule has 1 saturated heterocycles. The molecule has 0 bridgehead atoms. The van der Waals surface area contributed by atoms with Gasteiger partial charge in [0, 0.05) is 12.5 Å². The fourth-order valence-electron chi connectivity index (χ4n) is 2.24. The standard InChI is InChI=1S/C11H17N3O2/c1-8(15)6-10-4-3-5-14(10)7-11-12-9(2)13-16-11/h10H,3-7H2,1-2H3. The Kier molecular flexibility index (Phi) is 3.33. The second kappa shape index (κ2) is 4.74. The number of hydrogen-bond acceptors (Lipinski definition) is 5. The van der Waals surface area contributed by atoms with Crippen molar-refractivity contribution in [1.29, 1.82) is 0 Å². The summed E-state index contributed by atoms with van der Waals surface area (Å²) in [6, 6.07) is 0.352. The molecule has 2 heterocycles. The largest absolute Gasteiger partial charge is 0.338 e. The van der Waals surface area contributed by atoms with Crippen molar-refractivity contribution in [3.8, 4) is 0 Å². The van der Waals surface area contributed by atoms with E-state index in [1.807, 2.05) is 6.92 Å². The van der Waals surface area contributed by atoms with Crippen molar-refractivity contribution in [3.05, 3.63) is 11.7 Å². The van der Waals surface area contributed by atoms with E-state index in [1.54, 1.807) is 6.92 Å². The molecule has 1 aromatic rings. The average molecular weight is 223 g/mol. The summed E-state index contributed by atoms with van der Waals surface area (Å²) in [5.74, 6) is 1.56. The molecular formula is C11H17N3O2. The molecule has 0 aromatic carbocycles. The van der Waals surface area contributed by atoms with Crippen LogP contribution in [0.3, 0.4) is 0 Å². The van der Waals surface area contributed by atoms with Gasteiger partial charge in [-0.25, -0.2) is 0 Å². The Hall–Kier alpha value is -1.23. The van der Waals surface area contributed by atoms with Crippen LogP contribution in [-0.2, 0) is 11.3 Å². The van der Waals surface area contributed by atoms with Crippen molar-refractivity contribution in [1.82, 2.24) is 15.0 Å². The minimum Gasteiger partial charge on any atom is -0.338 e. The van der Waals surface area contributed by atoms with Crippen LogP contribution in [0, 0.1) is 6.92 Å². The zero-order chi connectivity index (χ0) is 11.5. The molecule has 1 fully saturated rings. The first-order valence-electron chi connectivity index (χ1n) is 5.68. The molecule has 1 aliphatic rings. The summed E-state index contributed by atoms with van der Waals surface area (Å²) in [6.45, 7) is 5.13. The second-order valence-corrected chi connectivity index (χ2v) is 4.41. The van der Waals surface area contributed by atoms with E-state index in [1.165, 1.54) is 0 Å². The van der Waals surface area contributed by atoms with Crippen LogP contribution < -0.4 is 0 Å². The van der Waals surface area contributed by atoms with Crippen molar-refractivity contribution in [2.24, 2.45) is 0 Å². The highest BCUT2D eigenvalue weighted by molar-refractivity contribution is 5.76. The van der Waals surface area contributed by atoms with Gasteiger partial charge in [-0.15, -0.1) is 0 Å². The minimum absolute atomic E-state index is 0.249. The topological polar surface area (TPSA) is 59.2 Å². The number of aromatic nitrogens is 2. The molecule has 5 heteroatoms. The molecule has 1 aliphatic heterocycles. The third-order valence-electron chi connectivity index (χ3n) is 2.93. The van der Waals surface area contributed by atoms with Crippen molar-refractivity contribution in [3.63, 3.8) is 0 Å². The zero-order valence-corrected chi connectivity index (χ0v) is 9.77. The summed E-state index contributed by atoms with van der Waals surface area (Å²) in [7, 11) is 0. The molecule has 5 nitrogen and oxygen atoms in total. The van der Waals surface area contributed by atoms with Crippen LogP contribution in [-0.4, -0.2) is 33.4 Å². The number of ketones is 1. The summed E-state index contributed by atoms with van der Waals surface area (Å²) >= 11 is 0. The van der Waals surface area contributed by atoms with E-state index in [0.29, 0.717) is 30.7 Å². The van der Waals surface area contributed by atoms with Gasteiger partial charge < -0.3 is 4.52 Å². The Morgan fingerprint density at radius 2 is 2.44 bits per heavy atom. The molecule has 0 N–H and O–H groups in total. The Bertz CT molecular complexity index is 375. The van der Waals surface area contributed by atoms with E-state index < -0.39 is 0 Å². The molecule has 16 heavy (non-hydrogen) atoms. The lowest BCUT2D eigenvalue weighted by Gasteiger charge is -2.21. The van der Waals surface area contributed by atoms with Gasteiger partial charge in [0.15, 0.2) is 5.82 Å². The van der Waals surface area contributed by atoms with E-state index >= 15 is 0 Å². The Morgan fingerprint density at radius 3 is 3.06 bits per heavy atom. The smallest absolute Gasteiger partial charge is 0.240 e. The monoisotopic (exact) mass is 223 g/mol.